The first-order chi connectivity index (χ1) is 10.6. The van der Waals surface area contributed by atoms with Crippen molar-refractivity contribution in [2.75, 3.05) is 0 Å². The van der Waals surface area contributed by atoms with Crippen molar-refractivity contribution >= 4 is 29.2 Å². The summed E-state index contributed by atoms with van der Waals surface area (Å²) in [5.41, 5.74) is 2.84. The van der Waals surface area contributed by atoms with Gasteiger partial charge < -0.3 is 10.4 Å². The Balaban J connectivity index is 1.87. The Morgan fingerprint density at radius 3 is 2.82 bits per heavy atom. The summed E-state index contributed by atoms with van der Waals surface area (Å²) in [6.45, 7) is 0. The monoisotopic (exact) mass is 322 g/mol. The maximum absolute atomic E-state index is 10.7. The third-order valence-corrected chi connectivity index (χ3v) is 3.73. The maximum Gasteiger partial charge on any atom is 0.311 e. The van der Waals surface area contributed by atoms with E-state index in [4.69, 9.17) is 12.2 Å². The smallest absolute Gasteiger partial charge is 0.311 e. The normalized spacial score (nSPS) is 15.6. The molecule has 3 N–H and O–H groups in total. The number of aromatic hydroxyl groups is 1. The Bertz CT molecular complexity index is 585. The summed E-state index contributed by atoms with van der Waals surface area (Å²) in [5, 5.41) is 27.7. The number of rotatable bonds is 4. The van der Waals surface area contributed by atoms with Crippen molar-refractivity contribution in [2.24, 2.45) is 5.10 Å². The Kier molecular flexibility index (Phi) is 5.65. The molecule has 1 fully saturated rings. The standard InChI is InChI=1S/C14H18N4O3S/c19-13-7-6-10(8-12(13)18(20)21)9-15-17-14(22)16-11-4-2-1-3-5-11/h6-9,11,19H,1-5H2,(H2,16,17,22). The number of thiocarbonyl (C=S) groups is 1. The summed E-state index contributed by atoms with van der Waals surface area (Å²) in [4.78, 5) is 10.1. The average molecular weight is 322 g/mol. The number of hydrogen-bond donors (Lipinski definition) is 3. The second-order valence-corrected chi connectivity index (χ2v) is 5.59. The molecule has 0 radical (unpaired) electrons. The number of nitrogens with one attached hydrogen (secondary N) is 2. The van der Waals surface area contributed by atoms with Gasteiger partial charge in [-0.2, -0.15) is 5.10 Å². The summed E-state index contributed by atoms with van der Waals surface area (Å²) in [5.74, 6) is -0.371. The van der Waals surface area contributed by atoms with Crippen LogP contribution in [0.2, 0.25) is 0 Å². The van der Waals surface area contributed by atoms with Crippen LogP contribution >= 0.6 is 12.2 Å². The van der Waals surface area contributed by atoms with Gasteiger partial charge in [0.2, 0.25) is 0 Å². The van der Waals surface area contributed by atoms with Crippen molar-refractivity contribution in [1.29, 1.82) is 0 Å². The van der Waals surface area contributed by atoms with Crippen LogP contribution in [0.15, 0.2) is 23.3 Å². The summed E-state index contributed by atoms with van der Waals surface area (Å²) >= 11 is 5.15. The summed E-state index contributed by atoms with van der Waals surface area (Å²) in [6, 6.07) is 4.43. The van der Waals surface area contributed by atoms with Gasteiger partial charge in [0, 0.05) is 17.7 Å². The number of benzene rings is 1. The molecule has 0 saturated heterocycles. The highest BCUT2D eigenvalue weighted by Crippen LogP contribution is 2.25. The number of nitro groups is 1. The largest absolute Gasteiger partial charge is 0.502 e. The zero-order valence-corrected chi connectivity index (χ0v) is 12.8. The van der Waals surface area contributed by atoms with E-state index in [0.29, 0.717) is 16.7 Å². The topological polar surface area (TPSA) is 99.8 Å². The van der Waals surface area contributed by atoms with E-state index >= 15 is 0 Å². The molecule has 1 aromatic rings. The molecule has 7 nitrogen and oxygen atoms in total. The van der Waals surface area contributed by atoms with Gasteiger partial charge in [0.05, 0.1) is 11.1 Å². The molecular formula is C14H18N4O3S. The van der Waals surface area contributed by atoms with Gasteiger partial charge >= 0.3 is 5.69 Å². The minimum absolute atomic E-state index is 0.355. The molecule has 8 heteroatoms. The van der Waals surface area contributed by atoms with Gasteiger partial charge in [-0.15, -0.1) is 0 Å². The second-order valence-electron chi connectivity index (χ2n) is 5.18. The van der Waals surface area contributed by atoms with Gasteiger partial charge in [0.1, 0.15) is 0 Å². The van der Waals surface area contributed by atoms with Crippen molar-refractivity contribution in [3.63, 3.8) is 0 Å². The number of phenolic OH excluding ortho intramolecular Hbond substituents is 1. The average Bonchev–Trinajstić information content (AvgIpc) is 2.49. The van der Waals surface area contributed by atoms with Crippen molar-refractivity contribution in [3.05, 3.63) is 33.9 Å². The lowest BCUT2D eigenvalue weighted by Crippen LogP contribution is -2.40. The van der Waals surface area contributed by atoms with E-state index in [-0.39, 0.29) is 11.4 Å². The molecule has 0 spiro atoms. The minimum atomic E-state index is -0.643. The van der Waals surface area contributed by atoms with Gasteiger partial charge in [-0.05, 0) is 37.2 Å². The molecule has 118 valence electrons. The Hall–Kier alpha value is -2.22. The summed E-state index contributed by atoms with van der Waals surface area (Å²) in [7, 11) is 0. The van der Waals surface area contributed by atoms with Crippen LogP contribution < -0.4 is 10.7 Å². The maximum atomic E-state index is 10.7. The van der Waals surface area contributed by atoms with Crippen molar-refractivity contribution < 1.29 is 10.0 Å². The Morgan fingerprint density at radius 2 is 2.14 bits per heavy atom. The Morgan fingerprint density at radius 1 is 1.41 bits per heavy atom. The number of nitrogens with zero attached hydrogens (tertiary/aromatic N) is 2. The van der Waals surface area contributed by atoms with Crippen LogP contribution in [0.5, 0.6) is 5.75 Å². The molecule has 1 saturated carbocycles. The molecule has 0 heterocycles. The van der Waals surface area contributed by atoms with Crippen LogP contribution in [0.1, 0.15) is 37.7 Å². The van der Waals surface area contributed by atoms with E-state index in [9.17, 15) is 15.2 Å². The minimum Gasteiger partial charge on any atom is -0.502 e. The first-order valence-electron chi connectivity index (χ1n) is 7.13. The fourth-order valence-corrected chi connectivity index (χ4v) is 2.62. The highest BCUT2D eigenvalue weighted by Gasteiger charge is 2.14. The molecular weight excluding hydrogens is 304 g/mol. The fraction of sp³-hybridized carbons (Fsp3) is 0.429. The molecule has 1 aliphatic carbocycles. The highest BCUT2D eigenvalue weighted by atomic mass is 32.1. The predicted molar refractivity (Wildman–Crippen MR) is 88.1 cm³/mol. The number of hydrazone groups is 1. The van der Waals surface area contributed by atoms with Crippen LogP contribution in [0.25, 0.3) is 0 Å². The fourth-order valence-electron chi connectivity index (χ4n) is 2.40. The van der Waals surface area contributed by atoms with E-state index in [1.807, 2.05) is 0 Å². The predicted octanol–water partition coefficient (Wildman–Crippen LogP) is 2.43. The number of phenols is 1. The van der Waals surface area contributed by atoms with E-state index < -0.39 is 4.92 Å². The molecule has 1 aliphatic rings. The SMILES string of the molecule is O=[N+]([O-])c1cc(C=NNC(=S)NC2CCCCC2)ccc1O. The van der Waals surface area contributed by atoms with Crippen LogP contribution in [0.3, 0.4) is 0 Å². The first-order valence-corrected chi connectivity index (χ1v) is 7.54. The summed E-state index contributed by atoms with van der Waals surface area (Å²) in [6.07, 6.45) is 7.32. The van der Waals surface area contributed by atoms with Crippen molar-refractivity contribution in [3.8, 4) is 5.75 Å². The molecule has 0 aromatic heterocycles. The number of hydrogen-bond acceptors (Lipinski definition) is 5. The molecule has 1 aromatic carbocycles. The molecule has 0 bridgehead atoms. The van der Waals surface area contributed by atoms with E-state index in [0.717, 1.165) is 12.8 Å². The summed E-state index contributed by atoms with van der Waals surface area (Å²) < 4.78 is 0. The van der Waals surface area contributed by atoms with Crippen LogP contribution in [-0.4, -0.2) is 27.4 Å². The van der Waals surface area contributed by atoms with Crippen molar-refractivity contribution in [2.45, 2.75) is 38.1 Å². The molecule has 0 aliphatic heterocycles. The van der Waals surface area contributed by atoms with Gasteiger partial charge in [-0.1, -0.05) is 19.3 Å². The van der Waals surface area contributed by atoms with E-state index in [2.05, 4.69) is 15.8 Å². The third kappa shape index (κ3) is 4.66. The highest BCUT2D eigenvalue weighted by molar-refractivity contribution is 7.80. The van der Waals surface area contributed by atoms with Gasteiger partial charge in [-0.25, -0.2) is 0 Å². The van der Waals surface area contributed by atoms with Crippen LogP contribution in [-0.2, 0) is 0 Å². The zero-order chi connectivity index (χ0) is 15.9. The number of nitro benzene ring substituents is 1. The lowest BCUT2D eigenvalue weighted by atomic mass is 9.96. The quantitative estimate of drug-likeness (QED) is 0.341. The van der Waals surface area contributed by atoms with Crippen molar-refractivity contribution in [1.82, 2.24) is 10.7 Å². The first kappa shape index (κ1) is 16.2. The van der Waals surface area contributed by atoms with Crippen LogP contribution in [0, 0.1) is 10.1 Å². The van der Waals surface area contributed by atoms with E-state index in [1.165, 1.54) is 43.7 Å². The lowest BCUT2D eigenvalue weighted by molar-refractivity contribution is -0.385. The van der Waals surface area contributed by atoms with Gasteiger partial charge in [0.15, 0.2) is 10.9 Å². The van der Waals surface area contributed by atoms with Crippen LogP contribution in [0.4, 0.5) is 5.69 Å². The molecule has 0 atom stereocenters. The Labute approximate surface area is 133 Å². The third-order valence-electron chi connectivity index (χ3n) is 3.52. The van der Waals surface area contributed by atoms with Gasteiger partial charge in [0.25, 0.3) is 0 Å². The molecule has 22 heavy (non-hydrogen) atoms. The molecule has 0 unspecified atom stereocenters. The lowest BCUT2D eigenvalue weighted by Gasteiger charge is -2.23. The molecule has 2 rings (SSSR count). The van der Waals surface area contributed by atoms with E-state index in [1.54, 1.807) is 0 Å². The molecule has 0 amide bonds. The van der Waals surface area contributed by atoms with Gasteiger partial charge in [-0.3, -0.25) is 15.5 Å². The second kappa shape index (κ2) is 7.69. The zero-order valence-electron chi connectivity index (χ0n) is 12.0.